The lowest BCUT2D eigenvalue weighted by Gasteiger charge is -2.31. The zero-order valence-corrected chi connectivity index (χ0v) is 21.1. The van der Waals surface area contributed by atoms with Crippen molar-refractivity contribution in [1.82, 2.24) is 9.47 Å². The number of hydrogen-bond donors (Lipinski definition) is 2. The number of nitrogens with one attached hydrogen (secondary N) is 1. The van der Waals surface area contributed by atoms with Crippen LogP contribution < -0.4 is 15.8 Å². The van der Waals surface area contributed by atoms with Gasteiger partial charge in [-0.3, -0.25) is 14.4 Å². The Morgan fingerprint density at radius 1 is 1.22 bits per heavy atom. The smallest absolute Gasteiger partial charge is 0.263 e. The maximum Gasteiger partial charge on any atom is 0.263 e. The first-order valence-corrected chi connectivity index (χ1v) is 12.1. The Bertz CT molecular complexity index is 1210. The van der Waals surface area contributed by atoms with Gasteiger partial charge in [0.1, 0.15) is 11.7 Å². The van der Waals surface area contributed by atoms with Crippen LogP contribution in [0.1, 0.15) is 60.0 Å². The van der Waals surface area contributed by atoms with E-state index in [9.17, 15) is 23.9 Å². The molecule has 1 atom stereocenters. The third-order valence-electron chi connectivity index (χ3n) is 6.62. The van der Waals surface area contributed by atoms with Gasteiger partial charge in [-0.25, -0.2) is 4.39 Å². The van der Waals surface area contributed by atoms with Crippen LogP contribution in [0.5, 0.6) is 0 Å². The predicted octanol–water partition coefficient (Wildman–Crippen LogP) is 2.58. The number of benzene rings is 1. The first-order valence-electron chi connectivity index (χ1n) is 12.1. The number of pyridine rings is 1. The number of fused-ring (bicyclic) bond motifs is 1. The molecule has 2 N–H and O–H groups in total. The van der Waals surface area contributed by atoms with Crippen molar-refractivity contribution in [1.29, 1.82) is 0 Å². The van der Waals surface area contributed by atoms with Crippen LogP contribution in [0.3, 0.4) is 0 Å². The number of hydrogen-bond acceptors (Lipinski definition) is 6. The van der Waals surface area contributed by atoms with E-state index < -0.39 is 17.7 Å². The molecule has 1 fully saturated rings. The van der Waals surface area contributed by atoms with E-state index in [-0.39, 0.29) is 36.2 Å². The zero-order chi connectivity index (χ0) is 26.2. The van der Waals surface area contributed by atoms with Gasteiger partial charge in [-0.05, 0) is 57.5 Å². The van der Waals surface area contributed by atoms with E-state index in [1.54, 1.807) is 24.4 Å². The lowest BCUT2D eigenvalue weighted by atomic mass is 10.0. The predicted molar refractivity (Wildman–Crippen MR) is 134 cm³/mol. The molecule has 4 rings (SSSR count). The van der Waals surface area contributed by atoms with E-state index >= 15 is 0 Å². The van der Waals surface area contributed by atoms with Gasteiger partial charge in [-0.15, -0.1) is 0 Å². The summed E-state index contributed by atoms with van der Waals surface area (Å²) in [4.78, 5) is 42.5. The quantitative estimate of drug-likeness (QED) is 0.606. The van der Waals surface area contributed by atoms with Gasteiger partial charge >= 0.3 is 0 Å². The Hall–Kier alpha value is -3.24. The average Bonchev–Trinajstić information content (AvgIpc) is 3.12. The van der Waals surface area contributed by atoms with E-state index in [4.69, 9.17) is 4.74 Å². The SMILES string of the molecule is CC(C)n1cccc(C(=O)Nc2cc3c(cc2N2CCOCC2)C(=O)N(C[C@@H](F)C(C)(C)O)C3)c1=O. The molecule has 1 aromatic carbocycles. The number of halogens is 1. The van der Waals surface area contributed by atoms with Crippen LogP contribution in [0.15, 0.2) is 35.3 Å². The monoisotopic (exact) mass is 500 g/mol. The fraction of sp³-hybridized carbons (Fsp3) is 0.500. The zero-order valence-electron chi connectivity index (χ0n) is 21.1. The first-order chi connectivity index (χ1) is 17.0. The summed E-state index contributed by atoms with van der Waals surface area (Å²) in [5, 5.41) is 12.9. The summed E-state index contributed by atoms with van der Waals surface area (Å²) in [7, 11) is 0. The second kappa shape index (κ2) is 10.0. The van der Waals surface area contributed by atoms with Crippen LogP contribution in [0, 0.1) is 0 Å². The fourth-order valence-electron chi connectivity index (χ4n) is 4.42. The van der Waals surface area contributed by atoms with Crippen molar-refractivity contribution < 1.29 is 23.8 Å². The molecule has 0 bridgehead atoms. The van der Waals surface area contributed by atoms with Crippen molar-refractivity contribution in [3.8, 4) is 0 Å². The Morgan fingerprint density at radius 2 is 1.92 bits per heavy atom. The molecule has 10 heteroatoms. The third kappa shape index (κ3) is 5.15. The summed E-state index contributed by atoms with van der Waals surface area (Å²) in [6.07, 6.45) is 0.0273. The number of anilines is 2. The number of morpholine rings is 1. The maximum atomic E-state index is 14.5. The van der Waals surface area contributed by atoms with Crippen LogP contribution in [-0.2, 0) is 11.3 Å². The number of ether oxygens (including phenoxy) is 1. The van der Waals surface area contributed by atoms with Gasteiger partial charge < -0.3 is 29.5 Å². The molecule has 0 aliphatic carbocycles. The maximum absolute atomic E-state index is 14.5. The summed E-state index contributed by atoms with van der Waals surface area (Å²) < 4.78 is 21.5. The standard InChI is InChI=1S/C26H33FN4O5/c1-16(2)31-7-5-6-18(25(31)34)23(32)28-20-12-17-14-30(15-22(27)26(3,4)35)24(33)19(17)13-21(20)29-8-10-36-11-9-29/h5-7,12-13,16,22,35H,8-11,14-15H2,1-4H3,(H,28,32)/t22-/m1/s1. The van der Waals surface area contributed by atoms with Crippen molar-refractivity contribution in [3.05, 3.63) is 57.5 Å². The molecule has 36 heavy (non-hydrogen) atoms. The number of aromatic nitrogens is 1. The number of alkyl halides is 1. The minimum atomic E-state index is -1.62. The molecule has 2 aliphatic rings. The van der Waals surface area contributed by atoms with E-state index in [2.05, 4.69) is 5.32 Å². The molecular weight excluding hydrogens is 467 g/mol. The Labute approximate surface area is 209 Å². The number of aliphatic hydroxyl groups is 1. The van der Waals surface area contributed by atoms with Crippen LogP contribution in [-0.4, -0.2) is 71.0 Å². The van der Waals surface area contributed by atoms with Crippen LogP contribution in [0.25, 0.3) is 0 Å². The van der Waals surface area contributed by atoms with Crippen molar-refractivity contribution in [2.24, 2.45) is 0 Å². The number of amides is 2. The molecular formula is C26H33FN4O5. The minimum Gasteiger partial charge on any atom is -0.387 e. The van der Waals surface area contributed by atoms with E-state index in [1.165, 1.54) is 29.4 Å². The lowest BCUT2D eigenvalue weighted by molar-refractivity contribution is -0.0159. The third-order valence-corrected chi connectivity index (χ3v) is 6.62. The first kappa shape index (κ1) is 25.8. The van der Waals surface area contributed by atoms with Crippen molar-refractivity contribution in [2.45, 2.75) is 52.1 Å². The highest BCUT2D eigenvalue weighted by atomic mass is 19.1. The topological polar surface area (TPSA) is 104 Å². The second-order valence-corrected chi connectivity index (χ2v) is 10.1. The lowest BCUT2D eigenvalue weighted by Crippen LogP contribution is -2.42. The van der Waals surface area contributed by atoms with Gasteiger partial charge in [0.15, 0.2) is 0 Å². The molecule has 9 nitrogen and oxygen atoms in total. The van der Waals surface area contributed by atoms with Crippen LogP contribution in [0.4, 0.5) is 15.8 Å². The second-order valence-electron chi connectivity index (χ2n) is 10.1. The molecule has 1 aromatic heterocycles. The van der Waals surface area contributed by atoms with Gasteiger partial charge in [0, 0.05) is 37.4 Å². The average molecular weight is 501 g/mol. The highest BCUT2D eigenvalue weighted by molar-refractivity contribution is 6.07. The normalized spacial score (nSPS) is 16.9. The van der Waals surface area contributed by atoms with Crippen molar-refractivity contribution in [2.75, 3.05) is 43.1 Å². The minimum absolute atomic E-state index is 0.0165. The van der Waals surface area contributed by atoms with Crippen molar-refractivity contribution in [3.63, 3.8) is 0 Å². The largest absolute Gasteiger partial charge is 0.387 e. The molecule has 0 spiro atoms. The highest BCUT2D eigenvalue weighted by Gasteiger charge is 2.35. The molecule has 2 amide bonds. The number of carbonyl (C=O) groups excluding carboxylic acids is 2. The summed E-state index contributed by atoms with van der Waals surface area (Å²) in [5.41, 5.74) is 0.228. The number of rotatable bonds is 7. The Kier molecular flexibility index (Phi) is 7.19. The molecule has 194 valence electrons. The molecule has 1 saturated heterocycles. The number of carbonyl (C=O) groups is 2. The van der Waals surface area contributed by atoms with Crippen molar-refractivity contribution >= 4 is 23.2 Å². The van der Waals surface area contributed by atoms with Gasteiger partial charge in [-0.1, -0.05) is 0 Å². The molecule has 0 radical (unpaired) electrons. The summed E-state index contributed by atoms with van der Waals surface area (Å²) in [5.74, 6) is -0.872. The molecule has 3 heterocycles. The van der Waals surface area contributed by atoms with Gasteiger partial charge in [0.05, 0.1) is 36.7 Å². The summed E-state index contributed by atoms with van der Waals surface area (Å²) in [6.45, 7) is 8.50. The highest BCUT2D eigenvalue weighted by Crippen LogP contribution is 2.35. The summed E-state index contributed by atoms with van der Waals surface area (Å²) in [6, 6.07) is 6.48. The summed E-state index contributed by atoms with van der Waals surface area (Å²) >= 11 is 0. The fourth-order valence-corrected chi connectivity index (χ4v) is 4.42. The van der Waals surface area contributed by atoms with E-state index in [1.807, 2.05) is 18.7 Å². The van der Waals surface area contributed by atoms with Gasteiger partial charge in [0.25, 0.3) is 17.4 Å². The van der Waals surface area contributed by atoms with Crippen LogP contribution in [0.2, 0.25) is 0 Å². The van der Waals surface area contributed by atoms with Crippen LogP contribution >= 0.6 is 0 Å². The van der Waals surface area contributed by atoms with E-state index in [0.717, 1.165) is 0 Å². The molecule has 2 aliphatic heterocycles. The number of nitrogens with zero attached hydrogens (tertiary/aromatic N) is 3. The van der Waals surface area contributed by atoms with Gasteiger partial charge in [-0.2, -0.15) is 0 Å². The van der Waals surface area contributed by atoms with E-state index in [0.29, 0.717) is 48.8 Å². The molecule has 2 aromatic rings. The molecule has 0 saturated carbocycles. The van der Waals surface area contributed by atoms with Gasteiger partial charge in [0.2, 0.25) is 0 Å². The molecule has 0 unspecified atom stereocenters. The Balaban J connectivity index is 1.68. The Morgan fingerprint density at radius 3 is 2.56 bits per heavy atom.